The van der Waals surface area contributed by atoms with Gasteiger partial charge in [-0.3, -0.25) is 4.98 Å². The Hall–Kier alpha value is -0.981. The molecule has 1 aromatic carbocycles. The monoisotopic (exact) mass is 362 g/mol. The van der Waals surface area contributed by atoms with Crippen LogP contribution in [0.2, 0.25) is 0 Å². The second kappa shape index (κ2) is 5.04. The first-order chi connectivity index (χ1) is 6.36. The van der Waals surface area contributed by atoms with Gasteiger partial charge in [-0.25, -0.2) is 0 Å². The Bertz CT molecular complexity index is 381. The van der Waals surface area contributed by atoms with E-state index in [9.17, 15) is 0 Å². The van der Waals surface area contributed by atoms with Crippen LogP contribution in [0.3, 0.4) is 0 Å². The van der Waals surface area contributed by atoms with E-state index in [-0.39, 0.29) is 20.1 Å². The van der Waals surface area contributed by atoms with E-state index in [0.717, 1.165) is 5.69 Å². The maximum absolute atomic E-state index is 4.28. The largest absolute Gasteiger partial charge is 3.00 e. The Balaban J connectivity index is 0.000000980. The Labute approximate surface area is 97.6 Å². The van der Waals surface area contributed by atoms with Gasteiger partial charge in [-0.2, -0.15) is 0 Å². The second-order valence-electron chi connectivity index (χ2n) is 3.08. The van der Waals surface area contributed by atoms with Crippen LogP contribution in [0.25, 0.3) is 11.3 Å². The summed E-state index contributed by atoms with van der Waals surface area (Å²) in [5, 5.41) is 0. The quantitative estimate of drug-likeness (QED) is 0.761. The Morgan fingerprint density at radius 3 is 2.21 bits per heavy atom. The molecular weight excluding hydrogens is 350 g/mol. The summed E-state index contributed by atoms with van der Waals surface area (Å²) in [6, 6.07) is 14.3. The standard InChI is InChI=1S/C12H11N.Ir/c1-10-5-7-11(8-6-10)12-4-2-3-9-13-12;/h2-9H,1H3;/q;+3. The Morgan fingerprint density at radius 1 is 0.929 bits per heavy atom. The molecule has 0 saturated heterocycles. The molecule has 0 aliphatic heterocycles. The Morgan fingerprint density at radius 2 is 1.64 bits per heavy atom. The molecule has 1 heterocycles. The summed E-state index contributed by atoms with van der Waals surface area (Å²) in [4.78, 5) is 4.28. The number of nitrogens with zero attached hydrogens (tertiary/aromatic N) is 1. The average molecular weight is 361 g/mol. The van der Waals surface area contributed by atoms with Crippen molar-refractivity contribution in [3.05, 3.63) is 54.2 Å². The predicted octanol–water partition coefficient (Wildman–Crippen LogP) is 3.05. The van der Waals surface area contributed by atoms with Crippen LogP contribution in [0.5, 0.6) is 0 Å². The van der Waals surface area contributed by atoms with Gasteiger partial charge in [-0.05, 0) is 19.1 Å². The molecule has 0 unspecified atom stereocenters. The third-order valence-corrected chi connectivity index (χ3v) is 2.01. The fourth-order valence-electron chi connectivity index (χ4n) is 1.26. The van der Waals surface area contributed by atoms with Crippen molar-refractivity contribution in [1.82, 2.24) is 4.98 Å². The topological polar surface area (TPSA) is 12.9 Å². The van der Waals surface area contributed by atoms with Crippen molar-refractivity contribution in [3.8, 4) is 11.3 Å². The molecular formula is C12H11IrN+3. The average Bonchev–Trinajstić information content (AvgIpc) is 2.20. The van der Waals surface area contributed by atoms with Crippen molar-refractivity contribution in [2.75, 3.05) is 0 Å². The first-order valence-corrected chi connectivity index (χ1v) is 4.34. The van der Waals surface area contributed by atoms with Crippen LogP contribution in [-0.2, 0) is 20.1 Å². The summed E-state index contributed by atoms with van der Waals surface area (Å²) >= 11 is 0. The van der Waals surface area contributed by atoms with Gasteiger partial charge in [-0.15, -0.1) is 0 Å². The fourth-order valence-corrected chi connectivity index (χ4v) is 1.26. The molecule has 1 nitrogen and oxygen atoms in total. The van der Waals surface area contributed by atoms with Gasteiger partial charge < -0.3 is 0 Å². The van der Waals surface area contributed by atoms with Crippen molar-refractivity contribution < 1.29 is 20.1 Å². The first-order valence-electron chi connectivity index (χ1n) is 4.34. The van der Waals surface area contributed by atoms with Gasteiger partial charge in [0, 0.05) is 11.8 Å². The van der Waals surface area contributed by atoms with E-state index in [1.165, 1.54) is 11.1 Å². The maximum atomic E-state index is 4.28. The molecule has 2 heteroatoms. The zero-order valence-corrected chi connectivity index (χ0v) is 10.3. The van der Waals surface area contributed by atoms with Crippen LogP contribution < -0.4 is 0 Å². The Kier molecular flexibility index (Phi) is 3.99. The van der Waals surface area contributed by atoms with E-state index in [1.807, 2.05) is 24.4 Å². The van der Waals surface area contributed by atoms with Crippen molar-refractivity contribution in [2.45, 2.75) is 6.92 Å². The summed E-state index contributed by atoms with van der Waals surface area (Å²) < 4.78 is 0. The molecule has 2 rings (SSSR count). The van der Waals surface area contributed by atoms with Gasteiger partial charge >= 0.3 is 20.1 Å². The van der Waals surface area contributed by atoms with Gasteiger partial charge in [0.15, 0.2) is 0 Å². The molecule has 1 aromatic heterocycles. The van der Waals surface area contributed by atoms with E-state index in [4.69, 9.17) is 0 Å². The van der Waals surface area contributed by atoms with Gasteiger partial charge in [0.25, 0.3) is 0 Å². The molecule has 2 aromatic rings. The van der Waals surface area contributed by atoms with Crippen LogP contribution in [0.15, 0.2) is 48.7 Å². The van der Waals surface area contributed by atoms with Crippen LogP contribution >= 0.6 is 0 Å². The molecule has 0 spiro atoms. The van der Waals surface area contributed by atoms with Gasteiger partial charge in [0.1, 0.15) is 0 Å². The number of hydrogen-bond donors (Lipinski definition) is 0. The summed E-state index contributed by atoms with van der Waals surface area (Å²) in [7, 11) is 0. The fraction of sp³-hybridized carbons (Fsp3) is 0.0833. The molecule has 0 saturated carbocycles. The number of benzene rings is 1. The van der Waals surface area contributed by atoms with Crippen LogP contribution in [-0.4, -0.2) is 4.98 Å². The van der Waals surface area contributed by atoms with Gasteiger partial charge in [-0.1, -0.05) is 35.9 Å². The first kappa shape index (κ1) is 11.1. The van der Waals surface area contributed by atoms with E-state index in [2.05, 4.69) is 36.2 Å². The number of hydrogen-bond acceptors (Lipinski definition) is 1. The summed E-state index contributed by atoms with van der Waals surface area (Å²) in [5.74, 6) is 0. The molecule has 0 bridgehead atoms. The third kappa shape index (κ3) is 2.50. The number of rotatable bonds is 1. The van der Waals surface area contributed by atoms with E-state index in [0.29, 0.717) is 0 Å². The van der Waals surface area contributed by atoms with Crippen molar-refractivity contribution in [2.24, 2.45) is 0 Å². The maximum Gasteiger partial charge on any atom is 3.00 e. The molecule has 0 fully saturated rings. The van der Waals surface area contributed by atoms with Crippen molar-refractivity contribution >= 4 is 0 Å². The molecule has 0 amide bonds. The minimum Gasteiger partial charge on any atom is -0.256 e. The third-order valence-electron chi connectivity index (χ3n) is 2.01. The van der Waals surface area contributed by atoms with Crippen LogP contribution in [0, 0.1) is 6.92 Å². The van der Waals surface area contributed by atoms with E-state index >= 15 is 0 Å². The summed E-state index contributed by atoms with van der Waals surface area (Å²) in [6.45, 7) is 2.09. The van der Waals surface area contributed by atoms with Gasteiger partial charge in [0.2, 0.25) is 0 Å². The molecule has 14 heavy (non-hydrogen) atoms. The predicted molar refractivity (Wildman–Crippen MR) is 54.4 cm³/mol. The molecule has 0 aliphatic carbocycles. The van der Waals surface area contributed by atoms with Crippen molar-refractivity contribution in [1.29, 1.82) is 0 Å². The molecule has 0 atom stereocenters. The number of aryl methyl sites for hydroxylation is 1. The second-order valence-corrected chi connectivity index (χ2v) is 3.08. The zero-order valence-electron chi connectivity index (χ0n) is 7.90. The molecule has 0 radical (unpaired) electrons. The van der Waals surface area contributed by atoms with E-state index < -0.39 is 0 Å². The van der Waals surface area contributed by atoms with E-state index in [1.54, 1.807) is 0 Å². The summed E-state index contributed by atoms with van der Waals surface area (Å²) in [6.07, 6.45) is 1.81. The molecule has 0 N–H and O–H groups in total. The normalized spacial score (nSPS) is 9.21. The molecule has 70 valence electrons. The smallest absolute Gasteiger partial charge is 0.256 e. The SMILES string of the molecule is Cc1ccc(-c2ccccn2)cc1.[Ir+3]. The van der Waals surface area contributed by atoms with Gasteiger partial charge in [0.05, 0.1) is 5.69 Å². The minimum absolute atomic E-state index is 0. The zero-order chi connectivity index (χ0) is 9.10. The minimum atomic E-state index is 0. The van der Waals surface area contributed by atoms with Crippen LogP contribution in [0.4, 0.5) is 0 Å². The number of pyridine rings is 1. The molecule has 0 aliphatic rings. The summed E-state index contributed by atoms with van der Waals surface area (Å²) in [5.41, 5.74) is 3.48. The number of aromatic nitrogens is 1. The van der Waals surface area contributed by atoms with Crippen molar-refractivity contribution in [3.63, 3.8) is 0 Å². The van der Waals surface area contributed by atoms with Crippen LogP contribution in [0.1, 0.15) is 5.56 Å².